The molecule has 1 saturated heterocycles. The highest BCUT2D eigenvalue weighted by Crippen LogP contribution is 2.18. The van der Waals surface area contributed by atoms with E-state index in [9.17, 15) is 4.79 Å². The third-order valence-electron chi connectivity index (χ3n) is 2.69. The molecule has 0 aromatic carbocycles. The van der Waals surface area contributed by atoms with Crippen LogP contribution in [0, 0.1) is 0 Å². The van der Waals surface area contributed by atoms with Crippen molar-refractivity contribution in [1.82, 2.24) is 15.1 Å². The number of carbonyl (C=O) groups is 1. The molecule has 94 valence electrons. The van der Waals surface area contributed by atoms with Crippen molar-refractivity contribution in [3.8, 4) is 0 Å². The quantitative estimate of drug-likeness (QED) is 0.863. The highest BCUT2D eigenvalue weighted by atomic mass is 32.1. The van der Waals surface area contributed by atoms with Crippen LogP contribution in [0.2, 0.25) is 0 Å². The molecule has 1 atom stereocenters. The molecule has 1 unspecified atom stereocenters. The zero-order valence-corrected chi connectivity index (χ0v) is 10.6. The molecular weight excluding hydrogens is 240 g/mol. The van der Waals surface area contributed by atoms with E-state index >= 15 is 0 Å². The monoisotopic (exact) mass is 256 g/mol. The SMILES string of the molecule is CCOC1CCCN(C(=O)c2nnc(N)s2)C1. The number of hydrogen-bond acceptors (Lipinski definition) is 6. The molecule has 2 heterocycles. The van der Waals surface area contributed by atoms with Gasteiger partial charge in [-0.3, -0.25) is 4.79 Å². The Balaban J connectivity index is 1.99. The van der Waals surface area contributed by atoms with Gasteiger partial charge in [0.05, 0.1) is 6.10 Å². The Kier molecular flexibility index (Phi) is 3.90. The second kappa shape index (κ2) is 5.42. The van der Waals surface area contributed by atoms with Crippen molar-refractivity contribution < 1.29 is 9.53 Å². The number of likely N-dealkylation sites (tertiary alicyclic amines) is 1. The maximum Gasteiger partial charge on any atom is 0.284 e. The smallest absolute Gasteiger partial charge is 0.284 e. The van der Waals surface area contributed by atoms with Crippen molar-refractivity contribution >= 4 is 22.4 Å². The molecule has 1 aliphatic rings. The Morgan fingerprint density at radius 1 is 1.65 bits per heavy atom. The summed E-state index contributed by atoms with van der Waals surface area (Å²) in [5, 5.41) is 8.12. The number of nitrogen functional groups attached to an aromatic ring is 1. The number of nitrogens with two attached hydrogens (primary N) is 1. The fourth-order valence-corrected chi connectivity index (χ4v) is 2.53. The van der Waals surface area contributed by atoms with Gasteiger partial charge in [0.25, 0.3) is 5.91 Å². The molecule has 0 bridgehead atoms. The van der Waals surface area contributed by atoms with Crippen LogP contribution in [0.5, 0.6) is 0 Å². The summed E-state index contributed by atoms with van der Waals surface area (Å²) < 4.78 is 5.55. The number of aromatic nitrogens is 2. The zero-order chi connectivity index (χ0) is 12.3. The summed E-state index contributed by atoms with van der Waals surface area (Å²) in [6.45, 7) is 4.03. The Morgan fingerprint density at radius 2 is 2.47 bits per heavy atom. The van der Waals surface area contributed by atoms with Crippen LogP contribution in [0.4, 0.5) is 5.13 Å². The van der Waals surface area contributed by atoms with E-state index in [4.69, 9.17) is 10.5 Å². The van der Waals surface area contributed by atoms with Gasteiger partial charge in [-0.15, -0.1) is 10.2 Å². The molecule has 17 heavy (non-hydrogen) atoms. The van der Waals surface area contributed by atoms with E-state index in [1.807, 2.05) is 6.92 Å². The Morgan fingerprint density at radius 3 is 3.12 bits per heavy atom. The number of carbonyl (C=O) groups excluding carboxylic acids is 1. The molecule has 0 spiro atoms. The van der Waals surface area contributed by atoms with E-state index in [1.165, 1.54) is 0 Å². The maximum atomic E-state index is 12.1. The zero-order valence-electron chi connectivity index (χ0n) is 9.76. The summed E-state index contributed by atoms with van der Waals surface area (Å²) in [5.41, 5.74) is 5.47. The normalized spacial score (nSPS) is 20.5. The van der Waals surface area contributed by atoms with Crippen LogP contribution in [0.15, 0.2) is 0 Å². The molecule has 1 fully saturated rings. The summed E-state index contributed by atoms with van der Waals surface area (Å²) in [7, 11) is 0. The van der Waals surface area contributed by atoms with Crippen LogP contribution in [0.1, 0.15) is 29.6 Å². The standard InChI is InChI=1S/C10H16N4O2S/c1-2-16-7-4-3-5-14(6-7)9(15)8-12-13-10(11)17-8/h7H,2-6H2,1H3,(H2,11,13). The second-order valence-electron chi connectivity index (χ2n) is 3.92. The van der Waals surface area contributed by atoms with Crippen LogP contribution < -0.4 is 5.73 Å². The average molecular weight is 256 g/mol. The predicted octanol–water partition coefficient (Wildman–Crippen LogP) is 0.761. The molecule has 0 saturated carbocycles. The van der Waals surface area contributed by atoms with Crippen molar-refractivity contribution in [3.05, 3.63) is 5.01 Å². The van der Waals surface area contributed by atoms with Crippen molar-refractivity contribution in [3.63, 3.8) is 0 Å². The van der Waals surface area contributed by atoms with Crippen LogP contribution in [0.3, 0.4) is 0 Å². The van der Waals surface area contributed by atoms with E-state index < -0.39 is 0 Å². The number of anilines is 1. The molecule has 6 nitrogen and oxygen atoms in total. The Labute approximate surface area is 104 Å². The first-order valence-corrected chi connectivity index (χ1v) is 6.52. The fraction of sp³-hybridized carbons (Fsp3) is 0.700. The molecule has 0 radical (unpaired) electrons. The van der Waals surface area contributed by atoms with Gasteiger partial charge in [-0.25, -0.2) is 0 Å². The first-order chi connectivity index (χ1) is 8.20. The number of amides is 1. The number of nitrogens with zero attached hydrogens (tertiary/aromatic N) is 3. The summed E-state index contributed by atoms with van der Waals surface area (Å²) >= 11 is 1.13. The van der Waals surface area contributed by atoms with Crippen LogP contribution in [-0.2, 0) is 4.74 Å². The van der Waals surface area contributed by atoms with Gasteiger partial charge in [-0.1, -0.05) is 11.3 Å². The van der Waals surface area contributed by atoms with Crippen molar-refractivity contribution in [2.75, 3.05) is 25.4 Å². The Hall–Kier alpha value is -1.21. The third-order valence-corrected chi connectivity index (χ3v) is 3.43. The molecule has 1 aromatic heterocycles. The van der Waals surface area contributed by atoms with Gasteiger partial charge in [0.15, 0.2) is 0 Å². The molecule has 1 amide bonds. The van der Waals surface area contributed by atoms with Crippen molar-refractivity contribution in [1.29, 1.82) is 0 Å². The molecular formula is C10H16N4O2S. The van der Waals surface area contributed by atoms with E-state index in [-0.39, 0.29) is 12.0 Å². The summed E-state index contributed by atoms with van der Waals surface area (Å²) in [5.74, 6) is -0.0939. The van der Waals surface area contributed by atoms with E-state index in [0.29, 0.717) is 23.3 Å². The molecule has 2 N–H and O–H groups in total. The topological polar surface area (TPSA) is 81.3 Å². The van der Waals surface area contributed by atoms with Gasteiger partial charge in [-0.2, -0.15) is 0 Å². The first kappa shape index (κ1) is 12.3. The van der Waals surface area contributed by atoms with Gasteiger partial charge in [0, 0.05) is 19.7 Å². The summed E-state index contributed by atoms with van der Waals surface area (Å²) in [4.78, 5) is 13.9. The van der Waals surface area contributed by atoms with Gasteiger partial charge in [0.2, 0.25) is 10.1 Å². The lowest BCUT2D eigenvalue weighted by Gasteiger charge is -2.31. The van der Waals surface area contributed by atoms with E-state index in [2.05, 4.69) is 10.2 Å². The number of hydrogen-bond donors (Lipinski definition) is 1. The largest absolute Gasteiger partial charge is 0.377 e. The number of piperidine rings is 1. The average Bonchev–Trinajstić information content (AvgIpc) is 2.76. The molecule has 1 aliphatic heterocycles. The fourth-order valence-electron chi connectivity index (χ4n) is 1.95. The minimum atomic E-state index is -0.0939. The van der Waals surface area contributed by atoms with Gasteiger partial charge in [-0.05, 0) is 19.8 Å². The van der Waals surface area contributed by atoms with Gasteiger partial charge >= 0.3 is 0 Å². The minimum Gasteiger partial charge on any atom is -0.377 e. The third kappa shape index (κ3) is 2.92. The maximum absolute atomic E-state index is 12.1. The van der Waals surface area contributed by atoms with Crippen molar-refractivity contribution in [2.45, 2.75) is 25.9 Å². The molecule has 0 aliphatic carbocycles. The second-order valence-corrected chi connectivity index (χ2v) is 4.93. The molecule has 2 rings (SSSR count). The number of rotatable bonds is 3. The highest BCUT2D eigenvalue weighted by molar-refractivity contribution is 7.16. The number of ether oxygens (including phenoxy) is 1. The molecule has 1 aromatic rings. The summed E-state index contributed by atoms with van der Waals surface area (Å²) in [6, 6.07) is 0. The molecule has 7 heteroatoms. The predicted molar refractivity (Wildman–Crippen MR) is 64.9 cm³/mol. The highest BCUT2D eigenvalue weighted by Gasteiger charge is 2.26. The van der Waals surface area contributed by atoms with E-state index in [1.54, 1.807) is 4.90 Å². The van der Waals surface area contributed by atoms with Crippen LogP contribution >= 0.6 is 11.3 Å². The lowest BCUT2D eigenvalue weighted by Crippen LogP contribution is -2.43. The Bertz CT molecular complexity index is 393. The van der Waals surface area contributed by atoms with Gasteiger partial charge < -0.3 is 15.4 Å². The van der Waals surface area contributed by atoms with Crippen LogP contribution in [0.25, 0.3) is 0 Å². The first-order valence-electron chi connectivity index (χ1n) is 5.70. The van der Waals surface area contributed by atoms with E-state index in [0.717, 1.165) is 30.7 Å². The summed E-state index contributed by atoms with van der Waals surface area (Å²) in [6.07, 6.45) is 2.11. The lowest BCUT2D eigenvalue weighted by atomic mass is 10.1. The van der Waals surface area contributed by atoms with Gasteiger partial charge in [0.1, 0.15) is 0 Å². The lowest BCUT2D eigenvalue weighted by molar-refractivity contribution is 0.00720. The van der Waals surface area contributed by atoms with Crippen LogP contribution in [-0.4, -0.2) is 46.8 Å². The minimum absolute atomic E-state index is 0.0939. The van der Waals surface area contributed by atoms with Crippen molar-refractivity contribution in [2.24, 2.45) is 0 Å².